The smallest absolute Gasteiger partial charge is 0.230 e. The number of furan rings is 1. The number of thioether (sulfide) groups is 1. The summed E-state index contributed by atoms with van der Waals surface area (Å²) in [7, 11) is 0. The Labute approximate surface area is 161 Å². The van der Waals surface area contributed by atoms with Crippen molar-refractivity contribution in [3.63, 3.8) is 0 Å². The summed E-state index contributed by atoms with van der Waals surface area (Å²) in [6.07, 6.45) is 3.33. The minimum atomic E-state index is -0.0932. The molecule has 0 saturated heterocycles. The van der Waals surface area contributed by atoms with Crippen molar-refractivity contribution in [2.75, 3.05) is 18.9 Å². The molecule has 3 rings (SSSR count). The Bertz CT molecular complexity index is 862. The topological polar surface area (TPSA) is 82.2 Å². The van der Waals surface area contributed by atoms with E-state index in [0.717, 1.165) is 5.75 Å². The highest BCUT2D eigenvalue weighted by atomic mass is 32.2. The van der Waals surface area contributed by atoms with Gasteiger partial charge in [-0.25, -0.2) is 0 Å². The summed E-state index contributed by atoms with van der Waals surface area (Å²) in [6, 6.07) is 13.1. The summed E-state index contributed by atoms with van der Waals surface area (Å²) in [5, 5.41) is 11.8. The number of allylic oxidation sites excluding steroid dienone is 1. The lowest BCUT2D eigenvalue weighted by molar-refractivity contribution is -0.118. The first-order valence-electron chi connectivity index (χ1n) is 8.43. The number of ether oxygens (including phenoxy) is 1. The van der Waals surface area contributed by atoms with E-state index in [-0.39, 0.29) is 11.7 Å². The lowest BCUT2D eigenvalue weighted by Crippen LogP contribution is -2.29. The molecule has 1 aromatic carbocycles. The van der Waals surface area contributed by atoms with Crippen LogP contribution in [0.15, 0.2) is 71.0 Å². The van der Waals surface area contributed by atoms with Crippen LogP contribution in [0.3, 0.4) is 0 Å². The number of carbonyl (C=O) groups is 1. The van der Waals surface area contributed by atoms with E-state index in [1.807, 2.05) is 41.0 Å². The number of hydrogen-bond acceptors (Lipinski definition) is 6. The van der Waals surface area contributed by atoms with Gasteiger partial charge >= 0.3 is 0 Å². The first-order chi connectivity index (χ1) is 13.3. The van der Waals surface area contributed by atoms with Crippen LogP contribution < -0.4 is 10.1 Å². The van der Waals surface area contributed by atoms with Crippen LogP contribution in [-0.4, -0.2) is 39.6 Å². The molecule has 0 aliphatic carbocycles. The van der Waals surface area contributed by atoms with Gasteiger partial charge in [0.2, 0.25) is 11.7 Å². The van der Waals surface area contributed by atoms with Crippen molar-refractivity contribution in [1.82, 2.24) is 20.1 Å². The fourth-order valence-electron chi connectivity index (χ4n) is 2.33. The van der Waals surface area contributed by atoms with Gasteiger partial charge in [0.05, 0.1) is 18.6 Å². The Balaban J connectivity index is 1.48. The quantitative estimate of drug-likeness (QED) is 0.329. The van der Waals surface area contributed by atoms with Gasteiger partial charge in [0.25, 0.3) is 0 Å². The summed E-state index contributed by atoms with van der Waals surface area (Å²) in [4.78, 5) is 12.0. The van der Waals surface area contributed by atoms with Crippen LogP contribution in [-0.2, 0) is 11.3 Å². The van der Waals surface area contributed by atoms with Gasteiger partial charge in [0.15, 0.2) is 10.9 Å². The molecule has 0 atom stereocenters. The molecule has 2 heterocycles. The molecule has 0 aliphatic rings. The lowest BCUT2D eigenvalue weighted by Gasteiger charge is -2.08. The van der Waals surface area contributed by atoms with Crippen LogP contribution in [0.25, 0.3) is 11.6 Å². The summed E-state index contributed by atoms with van der Waals surface area (Å²) in [5.74, 6) is 2.16. The fraction of sp³-hybridized carbons (Fsp3) is 0.211. The van der Waals surface area contributed by atoms with Gasteiger partial charge < -0.3 is 14.5 Å². The predicted octanol–water partition coefficient (Wildman–Crippen LogP) is 3.01. The van der Waals surface area contributed by atoms with Gasteiger partial charge in [-0.1, -0.05) is 36.0 Å². The van der Waals surface area contributed by atoms with Crippen molar-refractivity contribution < 1.29 is 13.9 Å². The number of para-hydroxylation sites is 1. The zero-order chi connectivity index (χ0) is 18.9. The lowest BCUT2D eigenvalue weighted by atomic mass is 10.3. The van der Waals surface area contributed by atoms with Gasteiger partial charge in [-0.2, -0.15) is 0 Å². The summed E-state index contributed by atoms with van der Waals surface area (Å²) >= 11 is 1.31. The molecule has 0 spiro atoms. The largest absolute Gasteiger partial charge is 0.492 e. The highest BCUT2D eigenvalue weighted by Gasteiger charge is 2.16. The average molecular weight is 384 g/mol. The second-order valence-electron chi connectivity index (χ2n) is 5.48. The molecule has 0 fully saturated rings. The highest BCUT2D eigenvalue weighted by molar-refractivity contribution is 7.99. The van der Waals surface area contributed by atoms with Gasteiger partial charge in [-0.3, -0.25) is 9.36 Å². The Morgan fingerprint density at radius 1 is 1.26 bits per heavy atom. The zero-order valence-electron chi connectivity index (χ0n) is 14.7. The standard InChI is InChI=1S/C19H20N4O3S/c1-2-11-23-18(16-9-6-12-26-16)21-22-19(23)27-14-17(24)20-10-13-25-15-7-4-3-5-8-15/h2-9,12H,1,10-11,13-14H2,(H,20,24). The third-order valence-corrected chi connectivity index (χ3v) is 4.51. The van der Waals surface area contributed by atoms with Crippen molar-refractivity contribution >= 4 is 17.7 Å². The molecule has 7 nitrogen and oxygen atoms in total. The van der Waals surface area contributed by atoms with E-state index in [0.29, 0.717) is 36.4 Å². The summed E-state index contributed by atoms with van der Waals surface area (Å²) in [6.45, 7) is 5.13. The van der Waals surface area contributed by atoms with Crippen LogP contribution >= 0.6 is 11.8 Å². The highest BCUT2D eigenvalue weighted by Crippen LogP contribution is 2.24. The number of aromatic nitrogens is 3. The molecule has 0 radical (unpaired) electrons. The first kappa shape index (κ1) is 18.8. The Morgan fingerprint density at radius 2 is 2.11 bits per heavy atom. The fourth-order valence-corrected chi connectivity index (χ4v) is 3.11. The third-order valence-electron chi connectivity index (χ3n) is 3.54. The van der Waals surface area contributed by atoms with Crippen molar-refractivity contribution in [2.45, 2.75) is 11.7 Å². The van der Waals surface area contributed by atoms with E-state index in [1.165, 1.54) is 11.8 Å². The number of rotatable bonds is 10. The molecule has 0 aliphatic heterocycles. The molecule has 0 saturated carbocycles. The number of nitrogens with one attached hydrogen (secondary N) is 1. The van der Waals surface area contributed by atoms with Crippen LogP contribution in [0.4, 0.5) is 0 Å². The number of hydrogen-bond donors (Lipinski definition) is 1. The number of carbonyl (C=O) groups excluding carboxylic acids is 1. The zero-order valence-corrected chi connectivity index (χ0v) is 15.5. The molecule has 27 heavy (non-hydrogen) atoms. The van der Waals surface area contributed by atoms with Crippen LogP contribution in [0.5, 0.6) is 5.75 Å². The Hall–Kier alpha value is -3.00. The van der Waals surface area contributed by atoms with Crippen LogP contribution in [0, 0.1) is 0 Å². The van der Waals surface area contributed by atoms with E-state index in [4.69, 9.17) is 9.15 Å². The van der Waals surface area contributed by atoms with E-state index in [1.54, 1.807) is 18.4 Å². The maximum Gasteiger partial charge on any atom is 0.230 e. The van der Waals surface area contributed by atoms with Gasteiger partial charge in [0, 0.05) is 6.54 Å². The van der Waals surface area contributed by atoms with E-state index in [2.05, 4.69) is 22.1 Å². The van der Waals surface area contributed by atoms with Crippen molar-refractivity contribution in [3.05, 3.63) is 61.4 Å². The van der Waals surface area contributed by atoms with Crippen LogP contribution in [0.2, 0.25) is 0 Å². The summed E-state index contributed by atoms with van der Waals surface area (Å²) in [5.41, 5.74) is 0. The van der Waals surface area contributed by atoms with Crippen molar-refractivity contribution in [1.29, 1.82) is 0 Å². The molecular formula is C19H20N4O3S. The normalized spacial score (nSPS) is 10.5. The second kappa shape index (κ2) is 9.63. The molecule has 8 heteroatoms. The van der Waals surface area contributed by atoms with Crippen molar-refractivity contribution in [3.8, 4) is 17.3 Å². The number of amides is 1. The van der Waals surface area contributed by atoms with E-state index >= 15 is 0 Å². The summed E-state index contributed by atoms with van der Waals surface area (Å²) < 4.78 is 12.8. The number of benzene rings is 1. The molecule has 3 aromatic rings. The van der Waals surface area contributed by atoms with Gasteiger partial charge in [0.1, 0.15) is 12.4 Å². The van der Waals surface area contributed by atoms with Gasteiger partial charge in [-0.05, 0) is 24.3 Å². The van der Waals surface area contributed by atoms with E-state index < -0.39 is 0 Å². The SMILES string of the molecule is C=CCn1c(SCC(=O)NCCOc2ccccc2)nnc1-c1ccco1. The molecule has 140 valence electrons. The molecule has 0 bridgehead atoms. The van der Waals surface area contributed by atoms with Crippen molar-refractivity contribution in [2.24, 2.45) is 0 Å². The molecule has 1 N–H and O–H groups in total. The molecule has 0 unspecified atom stereocenters. The molecule has 1 amide bonds. The monoisotopic (exact) mass is 384 g/mol. The van der Waals surface area contributed by atoms with E-state index in [9.17, 15) is 4.79 Å². The van der Waals surface area contributed by atoms with Crippen LogP contribution in [0.1, 0.15) is 0 Å². The third kappa shape index (κ3) is 5.24. The predicted molar refractivity (Wildman–Crippen MR) is 104 cm³/mol. The first-order valence-corrected chi connectivity index (χ1v) is 9.42. The Morgan fingerprint density at radius 3 is 2.85 bits per heavy atom. The minimum Gasteiger partial charge on any atom is -0.492 e. The Kier molecular flexibility index (Phi) is 6.70. The number of nitrogens with zero attached hydrogens (tertiary/aromatic N) is 3. The van der Waals surface area contributed by atoms with Gasteiger partial charge in [-0.15, -0.1) is 16.8 Å². The molecule has 2 aromatic heterocycles. The minimum absolute atomic E-state index is 0.0932. The maximum absolute atomic E-state index is 12.0. The average Bonchev–Trinajstić information content (AvgIpc) is 3.35. The molecular weight excluding hydrogens is 364 g/mol. The maximum atomic E-state index is 12.0. The second-order valence-corrected chi connectivity index (χ2v) is 6.43.